The quantitative estimate of drug-likeness (QED) is 0.759. The number of para-hydroxylation sites is 1. The molecular formula is C22H20FNO3. The summed E-state index contributed by atoms with van der Waals surface area (Å²) in [7, 11) is 0. The number of hydrogen-bond acceptors (Lipinski definition) is 3. The molecule has 0 bridgehead atoms. The molecule has 0 atom stereocenters. The van der Waals surface area contributed by atoms with Gasteiger partial charge in [-0.2, -0.15) is 0 Å². The van der Waals surface area contributed by atoms with Crippen LogP contribution in [0.4, 0.5) is 4.39 Å². The maximum Gasteiger partial charge on any atom is 0.246 e. The number of benzene rings is 2. The lowest BCUT2D eigenvalue weighted by Crippen LogP contribution is -2.52. The number of amides is 1. The second kappa shape index (κ2) is 6.99. The fourth-order valence-electron chi connectivity index (χ4n) is 3.70. The van der Waals surface area contributed by atoms with Crippen LogP contribution >= 0.6 is 0 Å². The first-order valence-corrected chi connectivity index (χ1v) is 9.09. The third kappa shape index (κ3) is 3.63. The molecule has 0 radical (unpaired) electrons. The minimum Gasteiger partial charge on any atom is -0.486 e. The van der Waals surface area contributed by atoms with E-state index >= 15 is 0 Å². The number of ketones is 1. The Kier molecular flexibility index (Phi) is 4.52. The summed E-state index contributed by atoms with van der Waals surface area (Å²) in [5.74, 6) is 0.359. The van der Waals surface area contributed by atoms with Crippen LogP contribution < -0.4 is 4.74 Å². The van der Waals surface area contributed by atoms with Gasteiger partial charge in [0.2, 0.25) is 5.91 Å². The highest BCUT2D eigenvalue weighted by molar-refractivity contribution is 6.00. The van der Waals surface area contributed by atoms with E-state index < -0.39 is 5.60 Å². The molecule has 2 aliphatic rings. The van der Waals surface area contributed by atoms with Crippen molar-refractivity contribution in [3.63, 3.8) is 0 Å². The molecule has 2 aromatic carbocycles. The van der Waals surface area contributed by atoms with Crippen molar-refractivity contribution in [2.75, 3.05) is 13.1 Å². The number of Topliss-reactive ketones (excluding diaryl/α,β-unsaturated/α-hetero) is 1. The molecule has 138 valence electrons. The summed E-state index contributed by atoms with van der Waals surface area (Å²) in [5.41, 5.74) is 0.906. The SMILES string of the molecule is O=C1CC2(CCN(C(=O)/C=C/c3ccc(F)cc3)CC2)Oc2ccccc21. The minimum atomic E-state index is -0.511. The topological polar surface area (TPSA) is 46.6 Å². The predicted octanol–water partition coefficient (Wildman–Crippen LogP) is 3.87. The zero-order chi connectivity index (χ0) is 18.9. The summed E-state index contributed by atoms with van der Waals surface area (Å²) in [6, 6.07) is 13.3. The molecule has 0 aliphatic carbocycles. The van der Waals surface area contributed by atoms with Gasteiger partial charge in [0.05, 0.1) is 12.0 Å². The normalized spacial score (nSPS) is 18.4. The maximum absolute atomic E-state index is 12.9. The largest absolute Gasteiger partial charge is 0.486 e. The first-order valence-electron chi connectivity index (χ1n) is 9.09. The summed E-state index contributed by atoms with van der Waals surface area (Å²) < 4.78 is 19.1. The van der Waals surface area contributed by atoms with Gasteiger partial charge in [-0.25, -0.2) is 4.39 Å². The van der Waals surface area contributed by atoms with Crippen LogP contribution in [-0.2, 0) is 4.79 Å². The van der Waals surface area contributed by atoms with Crippen molar-refractivity contribution in [2.24, 2.45) is 0 Å². The van der Waals surface area contributed by atoms with Gasteiger partial charge in [-0.05, 0) is 35.9 Å². The monoisotopic (exact) mass is 365 g/mol. The Balaban J connectivity index is 1.39. The summed E-state index contributed by atoms with van der Waals surface area (Å²) in [4.78, 5) is 26.7. The number of carbonyl (C=O) groups is 2. The van der Waals surface area contributed by atoms with E-state index in [-0.39, 0.29) is 17.5 Å². The number of halogens is 1. The molecule has 0 saturated carbocycles. The van der Waals surface area contributed by atoms with Crippen LogP contribution in [0.3, 0.4) is 0 Å². The molecule has 1 saturated heterocycles. The van der Waals surface area contributed by atoms with Gasteiger partial charge in [0.25, 0.3) is 0 Å². The van der Waals surface area contributed by atoms with Gasteiger partial charge in [-0.15, -0.1) is 0 Å². The van der Waals surface area contributed by atoms with E-state index in [9.17, 15) is 14.0 Å². The lowest BCUT2D eigenvalue weighted by Gasteiger charge is -2.43. The molecule has 0 N–H and O–H groups in total. The van der Waals surface area contributed by atoms with Crippen molar-refractivity contribution in [2.45, 2.75) is 24.9 Å². The van der Waals surface area contributed by atoms with Crippen LogP contribution in [0.1, 0.15) is 35.2 Å². The number of nitrogens with zero attached hydrogens (tertiary/aromatic N) is 1. The van der Waals surface area contributed by atoms with Crippen LogP contribution in [0.2, 0.25) is 0 Å². The average Bonchev–Trinajstić information content (AvgIpc) is 2.68. The Bertz CT molecular complexity index is 896. The Morgan fingerprint density at radius 2 is 1.78 bits per heavy atom. The van der Waals surface area contributed by atoms with Gasteiger partial charge in [0, 0.05) is 32.0 Å². The van der Waals surface area contributed by atoms with E-state index in [1.807, 2.05) is 18.2 Å². The highest BCUT2D eigenvalue weighted by atomic mass is 19.1. The van der Waals surface area contributed by atoms with Gasteiger partial charge < -0.3 is 9.64 Å². The van der Waals surface area contributed by atoms with Crippen molar-refractivity contribution in [3.8, 4) is 5.75 Å². The summed E-state index contributed by atoms with van der Waals surface area (Å²) in [6.45, 7) is 1.09. The van der Waals surface area contributed by atoms with Gasteiger partial charge in [0.15, 0.2) is 5.78 Å². The molecule has 2 aliphatic heterocycles. The van der Waals surface area contributed by atoms with Crippen molar-refractivity contribution in [3.05, 3.63) is 71.6 Å². The lowest BCUT2D eigenvalue weighted by molar-refractivity contribution is -0.129. The van der Waals surface area contributed by atoms with E-state index in [4.69, 9.17) is 4.74 Å². The van der Waals surface area contributed by atoms with Crippen LogP contribution in [0, 0.1) is 5.82 Å². The first-order chi connectivity index (χ1) is 13.0. The molecule has 0 unspecified atom stereocenters. The summed E-state index contributed by atoms with van der Waals surface area (Å²) in [5, 5.41) is 0. The zero-order valence-corrected chi connectivity index (χ0v) is 14.9. The number of piperidine rings is 1. The third-order valence-corrected chi connectivity index (χ3v) is 5.27. The Hall–Kier alpha value is -2.95. The smallest absolute Gasteiger partial charge is 0.246 e. The number of likely N-dealkylation sites (tertiary alicyclic amines) is 1. The molecule has 5 heteroatoms. The molecule has 2 aromatic rings. The van der Waals surface area contributed by atoms with Gasteiger partial charge in [-0.3, -0.25) is 9.59 Å². The fourth-order valence-corrected chi connectivity index (χ4v) is 3.70. The molecule has 4 rings (SSSR count). The molecule has 1 spiro atoms. The number of rotatable bonds is 2. The molecule has 0 aromatic heterocycles. The molecule has 27 heavy (non-hydrogen) atoms. The minimum absolute atomic E-state index is 0.0864. The Morgan fingerprint density at radius 1 is 1.07 bits per heavy atom. The first kappa shape index (κ1) is 17.5. The average molecular weight is 365 g/mol. The second-order valence-electron chi connectivity index (χ2n) is 7.09. The lowest BCUT2D eigenvalue weighted by atomic mass is 9.82. The van der Waals surface area contributed by atoms with Gasteiger partial charge in [-0.1, -0.05) is 24.3 Å². The van der Waals surface area contributed by atoms with Crippen LogP contribution in [0.25, 0.3) is 6.08 Å². The molecule has 4 nitrogen and oxygen atoms in total. The van der Waals surface area contributed by atoms with Crippen LogP contribution in [0.5, 0.6) is 5.75 Å². The summed E-state index contributed by atoms with van der Waals surface area (Å²) in [6.07, 6.45) is 4.81. The molecule has 2 heterocycles. The van der Waals surface area contributed by atoms with Crippen LogP contribution in [-0.4, -0.2) is 35.3 Å². The number of hydrogen-bond donors (Lipinski definition) is 0. The van der Waals surface area contributed by atoms with Crippen molar-refractivity contribution in [1.29, 1.82) is 0 Å². The number of fused-ring (bicyclic) bond motifs is 1. The Labute approximate surface area is 157 Å². The van der Waals surface area contributed by atoms with E-state index in [1.54, 1.807) is 29.2 Å². The third-order valence-electron chi connectivity index (χ3n) is 5.27. The van der Waals surface area contributed by atoms with Crippen molar-refractivity contribution < 1.29 is 18.7 Å². The highest BCUT2D eigenvalue weighted by Crippen LogP contribution is 2.39. The number of ether oxygens (including phenoxy) is 1. The summed E-state index contributed by atoms with van der Waals surface area (Å²) >= 11 is 0. The highest BCUT2D eigenvalue weighted by Gasteiger charge is 2.43. The van der Waals surface area contributed by atoms with Gasteiger partial charge >= 0.3 is 0 Å². The standard InChI is InChI=1S/C22H20FNO3/c23-17-8-5-16(6-9-17)7-10-21(26)24-13-11-22(12-14-24)15-19(25)18-3-1-2-4-20(18)27-22/h1-10H,11-15H2/b10-7+. The second-order valence-corrected chi connectivity index (χ2v) is 7.09. The molecule has 1 amide bonds. The van der Waals surface area contributed by atoms with E-state index in [1.165, 1.54) is 18.2 Å². The number of carbonyl (C=O) groups excluding carboxylic acids is 2. The van der Waals surface area contributed by atoms with Crippen molar-refractivity contribution >= 4 is 17.8 Å². The van der Waals surface area contributed by atoms with E-state index in [0.29, 0.717) is 43.7 Å². The van der Waals surface area contributed by atoms with E-state index in [0.717, 1.165) is 5.56 Å². The van der Waals surface area contributed by atoms with Gasteiger partial charge in [0.1, 0.15) is 17.2 Å². The fraction of sp³-hybridized carbons (Fsp3) is 0.273. The molecular weight excluding hydrogens is 345 g/mol. The van der Waals surface area contributed by atoms with Crippen LogP contribution in [0.15, 0.2) is 54.6 Å². The predicted molar refractivity (Wildman–Crippen MR) is 100.0 cm³/mol. The maximum atomic E-state index is 12.9. The Morgan fingerprint density at radius 3 is 2.52 bits per heavy atom. The van der Waals surface area contributed by atoms with Crippen molar-refractivity contribution in [1.82, 2.24) is 4.90 Å². The van der Waals surface area contributed by atoms with E-state index in [2.05, 4.69) is 0 Å². The zero-order valence-electron chi connectivity index (χ0n) is 14.9. The molecule has 1 fully saturated rings.